The van der Waals surface area contributed by atoms with Gasteiger partial charge in [0.2, 0.25) is 0 Å². The molecule has 0 aromatic rings. The molecule has 0 radical (unpaired) electrons. The summed E-state index contributed by atoms with van der Waals surface area (Å²) in [5, 5.41) is 3.68. The largest absolute Gasteiger partial charge is 0.342 e. The van der Waals surface area contributed by atoms with Gasteiger partial charge >= 0.3 is 0 Å². The third-order valence-corrected chi connectivity index (χ3v) is 1.79. The molecular weight excluding hydrogens is 189 g/mol. The molecule has 1 amide bonds. The zero-order valence-corrected chi connectivity index (χ0v) is 8.03. The molecule has 0 spiro atoms. The maximum absolute atomic E-state index is 12.3. The minimum absolute atomic E-state index is 0.270. The molecule has 0 aromatic heterocycles. The number of likely N-dealkylation sites (N-methyl/N-ethyl adjacent to an activating group) is 1. The zero-order chi connectivity index (χ0) is 10.6. The van der Waals surface area contributed by atoms with Crippen LogP contribution in [0, 0.1) is 0 Å². The molecule has 1 unspecified atom stereocenters. The first-order valence-electron chi connectivity index (χ1n) is 4.07. The number of carbonyl (C=O) groups is 1. The summed E-state index contributed by atoms with van der Waals surface area (Å²) in [5.41, 5.74) is 0.270. The molecule has 1 aliphatic heterocycles. The smallest absolute Gasteiger partial charge is 0.293 e. The van der Waals surface area contributed by atoms with Crippen molar-refractivity contribution in [3.63, 3.8) is 0 Å². The lowest BCUT2D eigenvalue weighted by atomic mass is 10.2. The van der Waals surface area contributed by atoms with E-state index in [-0.39, 0.29) is 11.6 Å². The van der Waals surface area contributed by atoms with E-state index in [1.807, 2.05) is 0 Å². The molecule has 1 heterocycles. The van der Waals surface area contributed by atoms with Crippen molar-refractivity contribution < 1.29 is 14.0 Å². The van der Waals surface area contributed by atoms with Gasteiger partial charge in [0, 0.05) is 7.05 Å². The Morgan fingerprint density at radius 3 is 3.14 bits per heavy atom. The Balaban J connectivity index is 2.69. The summed E-state index contributed by atoms with van der Waals surface area (Å²) in [4.78, 5) is 19.9. The van der Waals surface area contributed by atoms with Gasteiger partial charge < -0.3 is 5.32 Å². The minimum atomic E-state index is -0.619. The molecule has 0 fully saturated rings. The Bertz CT molecular complexity index is 278. The fraction of sp³-hybridized carbons (Fsp3) is 0.500. The van der Waals surface area contributed by atoms with Crippen molar-refractivity contribution in [1.82, 2.24) is 10.4 Å². The highest BCUT2D eigenvalue weighted by molar-refractivity contribution is 5.95. The maximum Gasteiger partial charge on any atom is 0.293 e. The molecule has 0 aliphatic carbocycles. The molecule has 78 valence electrons. The number of amides is 1. The topological polar surface area (TPSA) is 53.9 Å². The van der Waals surface area contributed by atoms with E-state index < -0.39 is 12.7 Å². The van der Waals surface area contributed by atoms with Gasteiger partial charge in [-0.1, -0.05) is 0 Å². The summed E-state index contributed by atoms with van der Waals surface area (Å²) >= 11 is 0. The molecule has 1 rings (SSSR count). The van der Waals surface area contributed by atoms with Crippen LogP contribution in [0.4, 0.5) is 4.39 Å². The lowest BCUT2D eigenvalue weighted by Crippen LogP contribution is -2.35. The molecule has 0 aromatic carbocycles. The van der Waals surface area contributed by atoms with E-state index in [1.54, 1.807) is 0 Å². The van der Waals surface area contributed by atoms with E-state index in [9.17, 15) is 9.18 Å². The lowest BCUT2D eigenvalue weighted by molar-refractivity contribution is -0.164. The summed E-state index contributed by atoms with van der Waals surface area (Å²) in [6.45, 7) is -0.619. The van der Waals surface area contributed by atoms with Gasteiger partial charge in [0.15, 0.2) is 0 Å². The Labute approximate surface area is 81.2 Å². The third-order valence-electron chi connectivity index (χ3n) is 1.79. The van der Waals surface area contributed by atoms with Gasteiger partial charge in [-0.05, 0) is 6.08 Å². The first-order chi connectivity index (χ1) is 6.69. The maximum atomic E-state index is 12.3. The molecule has 1 aliphatic rings. The summed E-state index contributed by atoms with van der Waals surface area (Å²) in [7, 11) is 2.85. The quantitative estimate of drug-likeness (QED) is 0.646. The highest BCUT2D eigenvalue weighted by Gasteiger charge is 2.18. The average molecular weight is 201 g/mol. The SMILES string of the molecule is CON(C)C(=O)C1=CC(CF)N=CN1. The van der Waals surface area contributed by atoms with Crippen LogP contribution in [-0.2, 0) is 9.63 Å². The van der Waals surface area contributed by atoms with Crippen LogP contribution in [0.15, 0.2) is 16.8 Å². The molecular formula is C8H12FN3O2. The predicted octanol–water partition coefficient (Wildman–Crippen LogP) is -0.140. The van der Waals surface area contributed by atoms with Crippen molar-refractivity contribution in [2.45, 2.75) is 6.04 Å². The van der Waals surface area contributed by atoms with Crippen molar-refractivity contribution >= 4 is 12.2 Å². The van der Waals surface area contributed by atoms with Crippen molar-refractivity contribution in [3.8, 4) is 0 Å². The van der Waals surface area contributed by atoms with Crippen LogP contribution < -0.4 is 5.32 Å². The van der Waals surface area contributed by atoms with Crippen LogP contribution in [-0.4, -0.2) is 44.2 Å². The number of hydrogen-bond acceptors (Lipinski definition) is 4. The van der Waals surface area contributed by atoms with Gasteiger partial charge in [-0.2, -0.15) is 0 Å². The van der Waals surface area contributed by atoms with E-state index in [0.29, 0.717) is 0 Å². The number of hydroxylamine groups is 2. The van der Waals surface area contributed by atoms with Crippen LogP contribution in [0.3, 0.4) is 0 Å². The second-order valence-corrected chi connectivity index (χ2v) is 2.71. The van der Waals surface area contributed by atoms with Crippen LogP contribution in [0.1, 0.15) is 0 Å². The standard InChI is InChI=1S/C8H12FN3O2/c1-12(14-2)8(13)7-3-6(4-9)10-5-11-7/h3,5-6H,4H2,1-2H3,(H,10,11). The van der Waals surface area contributed by atoms with Crippen molar-refractivity contribution in [2.24, 2.45) is 4.99 Å². The average Bonchev–Trinajstić information content (AvgIpc) is 2.27. The number of nitrogens with one attached hydrogen (secondary N) is 1. The molecule has 14 heavy (non-hydrogen) atoms. The normalized spacial score (nSPS) is 19.9. The van der Waals surface area contributed by atoms with Gasteiger partial charge in [-0.25, -0.2) is 9.45 Å². The molecule has 0 saturated carbocycles. The van der Waals surface area contributed by atoms with Crippen LogP contribution >= 0.6 is 0 Å². The number of rotatable bonds is 3. The van der Waals surface area contributed by atoms with Crippen molar-refractivity contribution in [3.05, 3.63) is 11.8 Å². The first kappa shape index (κ1) is 10.6. The molecule has 1 N–H and O–H groups in total. The van der Waals surface area contributed by atoms with Crippen molar-refractivity contribution in [1.29, 1.82) is 0 Å². The van der Waals surface area contributed by atoms with E-state index in [1.165, 1.54) is 26.6 Å². The second kappa shape index (κ2) is 4.71. The number of hydrogen-bond donors (Lipinski definition) is 1. The Kier molecular flexibility index (Phi) is 3.58. The molecule has 5 nitrogen and oxygen atoms in total. The fourth-order valence-corrected chi connectivity index (χ4v) is 0.956. The van der Waals surface area contributed by atoms with Crippen LogP contribution in [0.25, 0.3) is 0 Å². The number of nitrogens with zero attached hydrogens (tertiary/aromatic N) is 2. The molecule has 6 heteroatoms. The minimum Gasteiger partial charge on any atom is -0.342 e. The number of aliphatic imine (C=N–C) groups is 1. The van der Waals surface area contributed by atoms with Crippen LogP contribution in [0.5, 0.6) is 0 Å². The van der Waals surface area contributed by atoms with Crippen molar-refractivity contribution in [2.75, 3.05) is 20.8 Å². The summed E-state index contributed by atoms with van der Waals surface area (Å²) in [6.07, 6.45) is 2.73. The zero-order valence-electron chi connectivity index (χ0n) is 8.03. The molecule has 0 bridgehead atoms. The van der Waals surface area contributed by atoms with E-state index >= 15 is 0 Å². The summed E-state index contributed by atoms with van der Waals surface area (Å²) < 4.78 is 12.3. The Morgan fingerprint density at radius 2 is 2.57 bits per heavy atom. The Morgan fingerprint density at radius 1 is 1.86 bits per heavy atom. The third kappa shape index (κ3) is 2.29. The van der Waals surface area contributed by atoms with E-state index in [0.717, 1.165) is 5.06 Å². The van der Waals surface area contributed by atoms with E-state index in [2.05, 4.69) is 10.3 Å². The Hall–Kier alpha value is -1.43. The highest BCUT2D eigenvalue weighted by Crippen LogP contribution is 2.05. The monoisotopic (exact) mass is 201 g/mol. The number of halogens is 1. The summed E-state index contributed by atoms with van der Waals surface area (Å²) in [6, 6.07) is -0.583. The first-order valence-corrected chi connectivity index (χ1v) is 4.07. The number of alkyl halides is 1. The molecule has 0 saturated heterocycles. The van der Waals surface area contributed by atoms with Gasteiger partial charge in [0.05, 0.1) is 13.4 Å². The lowest BCUT2D eigenvalue weighted by Gasteiger charge is -2.18. The van der Waals surface area contributed by atoms with Gasteiger partial charge in [-0.15, -0.1) is 0 Å². The van der Waals surface area contributed by atoms with Crippen LogP contribution in [0.2, 0.25) is 0 Å². The number of carbonyl (C=O) groups excluding carboxylic acids is 1. The van der Waals surface area contributed by atoms with Gasteiger partial charge in [-0.3, -0.25) is 14.6 Å². The van der Waals surface area contributed by atoms with Gasteiger partial charge in [0.1, 0.15) is 18.4 Å². The highest BCUT2D eigenvalue weighted by atomic mass is 19.1. The summed E-state index contributed by atoms with van der Waals surface area (Å²) in [5.74, 6) is -0.364. The fourth-order valence-electron chi connectivity index (χ4n) is 0.956. The molecule has 1 atom stereocenters. The van der Waals surface area contributed by atoms with Gasteiger partial charge in [0.25, 0.3) is 5.91 Å². The predicted molar refractivity (Wildman–Crippen MR) is 49.3 cm³/mol. The second-order valence-electron chi connectivity index (χ2n) is 2.71. The van der Waals surface area contributed by atoms with E-state index in [4.69, 9.17) is 4.84 Å².